The highest BCUT2D eigenvalue weighted by atomic mass is 15.1. The number of hydrogen-bond acceptors (Lipinski definition) is 2. The first-order chi connectivity index (χ1) is 6.36. The third-order valence-electron chi connectivity index (χ3n) is 2.82. The van der Waals surface area contributed by atoms with Crippen molar-refractivity contribution in [2.24, 2.45) is 11.7 Å². The molecule has 1 unspecified atom stereocenters. The molecule has 0 radical (unpaired) electrons. The van der Waals surface area contributed by atoms with Crippen LogP contribution in [0.1, 0.15) is 25.7 Å². The van der Waals surface area contributed by atoms with E-state index in [0.717, 1.165) is 18.9 Å². The number of likely N-dealkylation sites (tertiary alicyclic amines) is 1. The highest BCUT2D eigenvalue weighted by Gasteiger charge is 2.17. The fourth-order valence-corrected chi connectivity index (χ4v) is 2.01. The van der Waals surface area contributed by atoms with Gasteiger partial charge >= 0.3 is 0 Å². The van der Waals surface area contributed by atoms with Crippen molar-refractivity contribution < 1.29 is 0 Å². The Morgan fingerprint density at radius 1 is 1.54 bits per heavy atom. The molecule has 1 aliphatic rings. The number of nitrogens with zero attached hydrogens (tertiary/aromatic N) is 1. The maximum absolute atomic E-state index is 5.68. The van der Waals surface area contributed by atoms with Gasteiger partial charge in [-0.25, -0.2) is 0 Å². The van der Waals surface area contributed by atoms with Crippen LogP contribution in [0.2, 0.25) is 0 Å². The van der Waals surface area contributed by atoms with Gasteiger partial charge in [0, 0.05) is 6.54 Å². The summed E-state index contributed by atoms with van der Waals surface area (Å²) in [5.74, 6) is 0.748. The molecule has 2 heteroatoms. The minimum absolute atomic E-state index is 0.748. The van der Waals surface area contributed by atoms with Crippen molar-refractivity contribution in [3.05, 3.63) is 12.7 Å². The van der Waals surface area contributed by atoms with Gasteiger partial charge in [0.15, 0.2) is 0 Å². The molecule has 0 bridgehead atoms. The number of rotatable bonds is 5. The maximum atomic E-state index is 5.68. The Hall–Kier alpha value is -0.340. The Kier molecular flexibility index (Phi) is 5.09. The first kappa shape index (κ1) is 10.7. The van der Waals surface area contributed by atoms with Crippen LogP contribution in [0.4, 0.5) is 0 Å². The van der Waals surface area contributed by atoms with E-state index in [-0.39, 0.29) is 0 Å². The third-order valence-corrected chi connectivity index (χ3v) is 2.82. The topological polar surface area (TPSA) is 29.3 Å². The summed E-state index contributed by atoms with van der Waals surface area (Å²) in [7, 11) is 0. The molecule has 0 aromatic carbocycles. The molecule has 1 fully saturated rings. The van der Waals surface area contributed by atoms with Gasteiger partial charge in [0.05, 0.1) is 0 Å². The van der Waals surface area contributed by atoms with Crippen LogP contribution in [0.3, 0.4) is 0 Å². The predicted molar refractivity (Wildman–Crippen MR) is 57.6 cm³/mol. The van der Waals surface area contributed by atoms with Gasteiger partial charge in [-0.2, -0.15) is 0 Å². The molecule has 1 atom stereocenters. The van der Waals surface area contributed by atoms with E-state index in [1.807, 2.05) is 6.08 Å². The summed E-state index contributed by atoms with van der Waals surface area (Å²) < 4.78 is 0. The van der Waals surface area contributed by atoms with Gasteiger partial charge in [0.25, 0.3) is 0 Å². The van der Waals surface area contributed by atoms with Gasteiger partial charge < -0.3 is 10.6 Å². The molecule has 0 spiro atoms. The molecule has 1 aliphatic heterocycles. The molecule has 1 heterocycles. The summed E-state index contributed by atoms with van der Waals surface area (Å²) in [6, 6.07) is 0. The lowest BCUT2D eigenvalue weighted by atomic mass is 9.98. The van der Waals surface area contributed by atoms with Crippen molar-refractivity contribution in [3.63, 3.8) is 0 Å². The molecule has 2 N–H and O–H groups in total. The zero-order chi connectivity index (χ0) is 9.52. The normalized spacial score (nSPS) is 24.5. The van der Waals surface area contributed by atoms with E-state index in [2.05, 4.69) is 11.5 Å². The number of hydrogen-bond donors (Lipinski definition) is 1. The summed E-state index contributed by atoms with van der Waals surface area (Å²) in [6.07, 6.45) is 7.05. The standard InChI is InChI=1S/C11H22N2/c1-2-3-4-7-13-8-5-6-11(9-12)10-13/h2,11H,1,3-10,12H2. The van der Waals surface area contributed by atoms with Gasteiger partial charge in [-0.3, -0.25) is 0 Å². The lowest BCUT2D eigenvalue weighted by Gasteiger charge is -2.31. The largest absolute Gasteiger partial charge is 0.330 e. The van der Waals surface area contributed by atoms with Crippen molar-refractivity contribution in [2.45, 2.75) is 25.7 Å². The number of piperidine rings is 1. The molecule has 0 aromatic rings. The fraction of sp³-hybridized carbons (Fsp3) is 0.818. The molecule has 2 nitrogen and oxygen atoms in total. The maximum Gasteiger partial charge on any atom is 0.00217 e. The van der Waals surface area contributed by atoms with E-state index in [1.54, 1.807) is 0 Å². The lowest BCUT2D eigenvalue weighted by molar-refractivity contribution is 0.177. The van der Waals surface area contributed by atoms with Crippen LogP contribution in [-0.2, 0) is 0 Å². The van der Waals surface area contributed by atoms with Gasteiger partial charge in [-0.1, -0.05) is 6.08 Å². The molecular weight excluding hydrogens is 160 g/mol. The molecule has 0 amide bonds. The highest BCUT2D eigenvalue weighted by Crippen LogP contribution is 2.15. The van der Waals surface area contributed by atoms with E-state index in [9.17, 15) is 0 Å². The van der Waals surface area contributed by atoms with E-state index < -0.39 is 0 Å². The van der Waals surface area contributed by atoms with E-state index in [1.165, 1.54) is 38.9 Å². The number of allylic oxidation sites excluding steroid dienone is 1. The summed E-state index contributed by atoms with van der Waals surface area (Å²) in [6.45, 7) is 8.31. The molecule has 0 aliphatic carbocycles. The summed E-state index contributed by atoms with van der Waals surface area (Å²) in [5.41, 5.74) is 5.68. The second-order valence-electron chi connectivity index (χ2n) is 3.98. The zero-order valence-corrected chi connectivity index (χ0v) is 8.54. The van der Waals surface area contributed by atoms with Crippen molar-refractivity contribution in [1.29, 1.82) is 0 Å². The van der Waals surface area contributed by atoms with Gasteiger partial charge in [-0.15, -0.1) is 6.58 Å². The molecular formula is C11H22N2. The quantitative estimate of drug-likeness (QED) is 0.517. The second-order valence-corrected chi connectivity index (χ2v) is 3.98. The predicted octanol–water partition coefficient (Wildman–Crippen LogP) is 1.62. The first-order valence-electron chi connectivity index (χ1n) is 5.40. The van der Waals surface area contributed by atoms with Crippen LogP contribution >= 0.6 is 0 Å². The number of unbranched alkanes of at least 4 members (excludes halogenated alkanes) is 1. The Balaban J connectivity index is 2.14. The van der Waals surface area contributed by atoms with Crippen molar-refractivity contribution in [1.82, 2.24) is 4.90 Å². The van der Waals surface area contributed by atoms with Gasteiger partial charge in [0.2, 0.25) is 0 Å². The van der Waals surface area contributed by atoms with Crippen molar-refractivity contribution in [2.75, 3.05) is 26.2 Å². The van der Waals surface area contributed by atoms with Gasteiger partial charge in [-0.05, 0) is 51.2 Å². The van der Waals surface area contributed by atoms with Crippen molar-refractivity contribution in [3.8, 4) is 0 Å². The summed E-state index contributed by atoms with van der Waals surface area (Å²) in [5, 5.41) is 0. The third kappa shape index (κ3) is 3.92. The average molecular weight is 182 g/mol. The molecule has 0 saturated carbocycles. The lowest BCUT2D eigenvalue weighted by Crippen LogP contribution is -2.38. The second kappa shape index (κ2) is 6.17. The molecule has 1 saturated heterocycles. The minimum atomic E-state index is 0.748. The molecule has 13 heavy (non-hydrogen) atoms. The van der Waals surface area contributed by atoms with Crippen LogP contribution in [-0.4, -0.2) is 31.1 Å². The minimum Gasteiger partial charge on any atom is -0.330 e. The van der Waals surface area contributed by atoms with E-state index in [4.69, 9.17) is 5.73 Å². The Labute approximate surface area is 81.8 Å². The SMILES string of the molecule is C=CCCCN1CCCC(CN)C1. The van der Waals surface area contributed by atoms with Crippen molar-refractivity contribution >= 4 is 0 Å². The fourth-order valence-electron chi connectivity index (χ4n) is 2.01. The Morgan fingerprint density at radius 2 is 2.38 bits per heavy atom. The molecule has 1 rings (SSSR count). The summed E-state index contributed by atoms with van der Waals surface area (Å²) in [4.78, 5) is 2.55. The van der Waals surface area contributed by atoms with E-state index in [0.29, 0.717) is 0 Å². The summed E-state index contributed by atoms with van der Waals surface area (Å²) >= 11 is 0. The van der Waals surface area contributed by atoms with Crippen LogP contribution in [0.5, 0.6) is 0 Å². The average Bonchev–Trinajstić information content (AvgIpc) is 2.19. The zero-order valence-electron chi connectivity index (χ0n) is 8.54. The first-order valence-corrected chi connectivity index (χ1v) is 5.40. The molecule has 76 valence electrons. The molecule has 0 aromatic heterocycles. The van der Waals surface area contributed by atoms with Crippen LogP contribution in [0.25, 0.3) is 0 Å². The van der Waals surface area contributed by atoms with Crippen LogP contribution in [0.15, 0.2) is 12.7 Å². The van der Waals surface area contributed by atoms with Crippen LogP contribution < -0.4 is 5.73 Å². The van der Waals surface area contributed by atoms with Crippen LogP contribution in [0, 0.1) is 5.92 Å². The number of nitrogens with two attached hydrogens (primary N) is 1. The monoisotopic (exact) mass is 182 g/mol. The van der Waals surface area contributed by atoms with E-state index >= 15 is 0 Å². The Morgan fingerprint density at radius 3 is 3.08 bits per heavy atom. The highest BCUT2D eigenvalue weighted by molar-refractivity contribution is 4.74. The van der Waals surface area contributed by atoms with Gasteiger partial charge in [0.1, 0.15) is 0 Å². The Bertz CT molecular complexity index is 145. The smallest absolute Gasteiger partial charge is 0.00217 e.